The molecule has 0 saturated carbocycles. The minimum absolute atomic E-state index is 0.749. The van der Waals surface area contributed by atoms with Gasteiger partial charge in [-0.05, 0) is 46.0 Å². The molecule has 128 valence electrons. The summed E-state index contributed by atoms with van der Waals surface area (Å²) in [6.07, 6.45) is 7.06. The molecular formula is C18H40N2S. The van der Waals surface area contributed by atoms with Gasteiger partial charge in [0.2, 0.25) is 0 Å². The summed E-state index contributed by atoms with van der Waals surface area (Å²) in [5.41, 5.74) is 0. The van der Waals surface area contributed by atoms with Crippen molar-refractivity contribution < 1.29 is 0 Å². The maximum absolute atomic E-state index is 2.57. The van der Waals surface area contributed by atoms with Gasteiger partial charge in [0.1, 0.15) is 0 Å². The molecular weight excluding hydrogens is 276 g/mol. The molecule has 21 heavy (non-hydrogen) atoms. The number of hydrogen-bond donors (Lipinski definition) is 0. The summed E-state index contributed by atoms with van der Waals surface area (Å²) in [7, 11) is 2.14. The molecule has 2 nitrogen and oxygen atoms in total. The molecule has 0 bridgehead atoms. The van der Waals surface area contributed by atoms with E-state index < -0.39 is 0 Å². The Bertz CT molecular complexity index is 209. The Labute approximate surface area is 139 Å². The zero-order chi connectivity index (χ0) is 16.5. The van der Waals surface area contributed by atoms with Gasteiger partial charge in [0.25, 0.3) is 0 Å². The quantitative estimate of drug-likeness (QED) is 0.644. The molecule has 0 aromatic rings. The van der Waals surface area contributed by atoms with Gasteiger partial charge < -0.3 is 9.80 Å². The van der Waals surface area contributed by atoms with Crippen molar-refractivity contribution >= 4 is 11.8 Å². The van der Waals surface area contributed by atoms with Crippen molar-refractivity contribution in [3.63, 3.8) is 0 Å². The average Bonchev–Trinajstić information content (AvgIpc) is 2.82. The summed E-state index contributed by atoms with van der Waals surface area (Å²) >= 11 is 2.10. The van der Waals surface area contributed by atoms with Crippen molar-refractivity contribution in [2.45, 2.75) is 60.4 Å². The van der Waals surface area contributed by atoms with Gasteiger partial charge in [0, 0.05) is 31.4 Å². The van der Waals surface area contributed by atoms with E-state index in [0.717, 1.165) is 12.6 Å². The zero-order valence-electron chi connectivity index (χ0n) is 15.7. The van der Waals surface area contributed by atoms with Crippen LogP contribution in [0.15, 0.2) is 12.2 Å². The predicted octanol–water partition coefficient (Wildman–Crippen LogP) is 4.76. The number of thioether (sulfide) groups is 1. The largest absolute Gasteiger partial charge is 0.302 e. The van der Waals surface area contributed by atoms with Crippen molar-refractivity contribution in [2.24, 2.45) is 0 Å². The summed E-state index contributed by atoms with van der Waals surface area (Å²) in [6, 6.07) is 0.749. The van der Waals surface area contributed by atoms with Crippen LogP contribution in [-0.2, 0) is 0 Å². The van der Waals surface area contributed by atoms with Crippen LogP contribution in [0.4, 0.5) is 0 Å². The van der Waals surface area contributed by atoms with Crippen molar-refractivity contribution in [1.82, 2.24) is 9.80 Å². The molecule has 0 radical (unpaired) electrons. The average molecular weight is 317 g/mol. The lowest BCUT2D eigenvalue weighted by Gasteiger charge is -2.23. The molecule has 1 saturated heterocycles. The highest BCUT2D eigenvalue weighted by molar-refractivity contribution is 7.99. The lowest BCUT2D eigenvalue weighted by atomic mass is 10.3. The Hall–Kier alpha value is 0.0100. The molecule has 0 unspecified atom stereocenters. The monoisotopic (exact) mass is 316 g/mol. The minimum atomic E-state index is 0.749. The smallest absolute Gasteiger partial charge is 0.0160 e. The van der Waals surface area contributed by atoms with Crippen LogP contribution in [0.5, 0.6) is 0 Å². The Morgan fingerprint density at radius 1 is 0.905 bits per heavy atom. The van der Waals surface area contributed by atoms with E-state index in [0.29, 0.717) is 0 Å². The van der Waals surface area contributed by atoms with Gasteiger partial charge >= 0.3 is 0 Å². The van der Waals surface area contributed by atoms with Crippen LogP contribution in [0.2, 0.25) is 0 Å². The van der Waals surface area contributed by atoms with Gasteiger partial charge in [-0.3, -0.25) is 0 Å². The molecule has 2 aliphatic heterocycles. The highest BCUT2D eigenvalue weighted by Crippen LogP contribution is 2.11. The van der Waals surface area contributed by atoms with Crippen molar-refractivity contribution in [2.75, 3.05) is 44.7 Å². The van der Waals surface area contributed by atoms with E-state index in [-0.39, 0.29) is 0 Å². The van der Waals surface area contributed by atoms with Gasteiger partial charge in [-0.25, -0.2) is 0 Å². The first-order valence-electron chi connectivity index (χ1n) is 8.85. The van der Waals surface area contributed by atoms with Crippen molar-refractivity contribution in [1.29, 1.82) is 0 Å². The molecule has 0 spiro atoms. The van der Waals surface area contributed by atoms with Crippen molar-refractivity contribution in [3.05, 3.63) is 12.2 Å². The Morgan fingerprint density at radius 2 is 1.57 bits per heavy atom. The normalized spacial score (nSPS) is 19.2. The number of rotatable bonds is 1. The first-order valence-corrected chi connectivity index (χ1v) is 10.0. The highest BCUT2D eigenvalue weighted by Gasteiger charge is 2.10. The summed E-state index contributed by atoms with van der Waals surface area (Å²) in [6.45, 7) is 17.6. The maximum atomic E-state index is 2.57. The summed E-state index contributed by atoms with van der Waals surface area (Å²) in [4.78, 5) is 4.88. The molecule has 2 heterocycles. The van der Waals surface area contributed by atoms with E-state index >= 15 is 0 Å². The van der Waals surface area contributed by atoms with Crippen LogP contribution < -0.4 is 0 Å². The van der Waals surface area contributed by atoms with Gasteiger partial charge in [-0.15, -0.1) is 0 Å². The summed E-state index contributed by atoms with van der Waals surface area (Å²) < 4.78 is 0. The van der Waals surface area contributed by atoms with E-state index in [1.807, 2.05) is 27.7 Å². The van der Waals surface area contributed by atoms with Crippen LogP contribution in [-0.4, -0.2) is 60.6 Å². The predicted molar refractivity (Wildman–Crippen MR) is 103 cm³/mol. The third-order valence-electron chi connectivity index (χ3n) is 3.25. The first-order chi connectivity index (χ1) is 10.2. The Balaban J connectivity index is 0. The fourth-order valence-electron chi connectivity index (χ4n) is 2.04. The molecule has 0 N–H and O–H groups in total. The minimum Gasteiger partial charge on any atom is -0.302 e. The lowest BCUT2D eigenvalue weighted by molar-refractivity contribution is 0.240. The molecule has 1 fully saturated rings. The number of hydrogen-bond acceptors (Lipinski definition) is 3. The van der Waals surface area contributed by atoms with E-state index in [1.165, 1.54) is 44.0 Å². The first kappa shape index (κ1) is 23.3. The Morgan fingerprint density at radius 3 is 2.00 bits per heavy atom. The van der Waals surface area contributed by atoms with E-state index in [1.54, 1.807) is 0 Å². The number of likely N-dealkylation sites (N-methyl/N-ethyl adjacent to an activating group) is 1. The molecule has 0 aliphatic carbocycles. The third kappa shape index (κ3) is 14.7. The second-order valence-electron chi connectivity index (χ2n) is 5.12. The summed E-state index contributed by atoms with van der Waals surface area (Å²) in [5, 5.41) is 0. The SMILES string of the molecule is CC.CC.CC(C)N1CCCSCC1.CN1CC=CCC1. The lowest BCUT2D eigenvalue weighted by Crippen LogP contribution is -2.32. The van der Waals surface area contributed by atoms with Crippen LogP contribution in [0.25, 0.3) is 0 Å². The molecule has 2 rings (SSSR count). The fourth-order valence-corrected chi connectivity index (χ4v) is 2.94. The second kappa shape index (κ2) is 18.1. The molecule has 3 heteroatoms. The molecule has 0 aromatic carbocycles. The van der Waals surface area contributed by atoms with Gasteiger partial charge in [0.15, 0.2) is 0 Å². The van der Waals surface area contributed by atoms with Gasteiger partial charge in [0.05, 0.1) is 0 Å². The maximum Gasteiger partial charge on any atom is 0.0160 e. The molecule has 0 aromatic heterocycles. The van der Waals surface area contributed by atoms with Crippen LogP contribution in [0.1, 0.15) is 54.4 Å². The standard InChI is InChI=1S/C8H17NS.C6H11N.2C2H6/c1-8(2)9-4-3-6-10-7-5-9;1-7-5-3-2-4-6-7;2*1-2/h8H,3-7H2,1-2H3;2-3H,4-6H2,1H3;2*1-2H3. The number of nitrogens with zero attached hydrogens (tertiary/aromatic N) is 2. The van der Waals surface area contributed by atoms with Gasteiger partial charge in [-0.2, -0.15) is 11.8 Å². The Kier molecular flexibility index (Phi) is 20.0. The van der Waals surface area contributed by atoms with Crippen LogP contribution >= 0.6 is 11.8 Å². The van der Waals surface area contributed by atoms with Gasteiger partial charge in [-0.1, -0.05) is 39.8 Å². The van der Waals surface area contributed by atoms with Crippen LogP contribution in [0, 0.1) is 0 Å². The van der Waals surface area contributed by atoms with E-state index in [9.17, 15) is 0 Å². The highest BCUT2D eigenvalue weighted by atomic mass is 32.2. The third-order valence-corrected chi connectivity index (χ3v) is 4.30. The van der Waals surface area contributed by atoms with Crippen molar-refractivity contribution in [3.8, 4) is 0 Å². The molecule has 0 atom stereocenters. The fraction of sp³-hybridized carbons (Fsp3) is 0.889. The second-order valence-corrected chi connectivity index (χ2v) is 6.34. The van der Waals surface area contributed by atoms with Crippen LogP contribution in [0.3, 0.4) is 0 Å². The zero-order valence-corrected chi connectivity index (χ0v) is 16.5. The summed E-state index contributed by atoms with van der Waals surface area (Å²) in [5.74, 6) is 2.70. The molecule has 0 amide bonds. The van der Waals surface area contributed by atoms with E-state index in [2.05, 4.69) is 54.6 Å². The topological polar surface area (TPSA) is 6.48 Å². The molecule has 2 aliphatic rings. The van der Waals surface area contributed by atoms with E-state index in [4.69, 9.17) is 0 Å².